The summed E-state index contributed by atoms with van der Waals surface area (Å²) in [6, 6.07) is 18.7. The molecule has 0 spiro atoms. The van der Waals surface area contributed by atoms with Crippen LogP contribution in [0.3, 0.4) is 0 Å². The van der Waals surface area contributed by atoms with Crippen molar-refractivity contribution in [2.45, 2.75) is 38.3 Å². The highest BCUT2D eigenvalue weighted by Crippen LogP contribution is 2.20. The Morgan fingerprint density at radius 2 is 1.60 bits per heavy atom. The van der Waals surface area contributed by atoms with Crippen molar-refractivity contribution in [3.8, 4) is 0 Å². The lowest BCUT2D eigenvalue weighted by atomic mass is 10.0. The molecule has 2 N–H and O–H groups in total. The van der Waals surface area contributed by atoms with Crippen molar-refractivity contribution in [3.63, 3.8) is 0 Å². The summed E-state index contributed by atoms with van der Waals surface area (Å²) in [5.74, 6) is 0. The van der Waals surface area contributed by atoms with E-state index in [4.69, 9.17) is 5.11 Å². The zero-order chi connectivity index (χ0) is 17.9. The van der Waals surface area contributed by atoms with E-state index in [1.165, 1.54) is 11.1 Å². The van der Waals surface area contributed by atoms with E-state index in [0.717, 1.165) is 43.2 Å². The number of benzene rings is 2. The number of nitrogens with zero attached hydrogens (tertiary/aromatic N) is 1. The molecule has 25 heavy (non-hydrogen) atoms. The van der Waals surface area contributed by atoms with Gasteiger partial charge in [0.15, 0.2) is 0 Å². The quantitative estimate of drug-likeness (QED) is 0.554. The summed E-state index contributed by atoms with van der Waals surface area (Å²) >= 11 is 3.63. The Bertz CT molecular complexity index is 606. The molecule has 0 heterocycles. The number of hydrogen-bond acceptors (Lipinski definition) is 3. The molecule has 0 amide bonds. The molecule has 0 fully saturated rings. The van der Waals surface area contributed by atoms with Crippen molar-refractivity contribution in [1.82, 2.24) is 4.90 Å². The maximum absolute atomic E-state index is 10.0. The van der Waals surface area contributed by atoms with E-state index in [2.05, 4.69) is 51.2 Å². The van der Waals surface area contributed by atoms with Crippen LogP contribution >= 0.6 is 15.9 Å². The largest absolute Gasteiger partial charge is 0.396 e. The molecule has 2 aromatic rings. The first-order valence-electron chi connectivity index (χ1n) is 8.97. The van der Waals surface area contributed by atoms with Crippen LogP contribution in [-0.2, 0) is 13.0 Å². The van der Waals surface area contributed by atoms with E-state index in [-0.39, 0.29) is 19.3 Å². The van der Waals surface area contributed by atoms with E-state index in [9.17, 15) is 5.11 Å². The van der Waals surface area contributed by atoms with Crippen molar-refractivity contribution in [2.24, 2.45) is 0 Å². The van der Waals surface area contributed by atoms with Crippen LogP contribution < -0.4 is 0 Å². The van der Waals surface area contributed by atoms with Crippen LogP contribution in [0.4, 0.5) is 0 Å². The summed E-state index contributed by atoms with van der Waals surface area (Å²) in [7, 11) is 0. The van der Waals surface area contributed by atoms with Crippen LogP contribution in [0.1, 0.15) is 30.4 Å². The van der Waals surface area contributed by atoms with E-state index < -0.39 is 0 Å². The first-order chi connectivity index (χ1) is 12.2. The van der Waals surface area contributed by atoms with Gasteiger partial charge in [-0.25, -0.2) is 0 Å². The number of unbranched alkanes of at least 4 members (excludes halogenated alkanes) is 2. The van der Waals surface area contributed by atoms with E-state index in [1.807, 2.05) is 24.3 Å². The Morgan fingerprint density at radius 1 is 0.880 bits per heavy atom. The highest BCUT2D eigenvalue weighted by molar-refractivity contribution is 9.10. The fraction of sp³-hybridized carbons (Fsp3) is 0.429. The van der Waals surface area contributed by atoms with Crippen LogP contribution in [0, 0.1) is 0 Å². The van der Waals surface area contributed by atoms with Gasteiger partial charge in [0, 0.05) is 23.7 Å². The molecule has 0 aliphatic heterocycles. The number of halogens is 1. The summed E-state index contributed by atoms with van der Waals surface area (Å²) in [6.07, 6.45) is 3.70. The van der Waals surface area contributed by atoms with Crippen molar-refractivity contribution >= 4 is 15.9 Å². The summed E-state index contributed by atoms with van der Waals surface area (Å²) < 4.78 is 1.10. The van der Waals surface area contributed by atoms with Crippen LogP contribution in [0.25, 0.3) is 0 Å². The van der Waals surface area contributed by atoms with Gasteiger partial charge in [0.25, 0.3) is 0 Å². The van der Waals surface area contributed by atoms with Crippen LogP contribution in [0.2, 0.25) is 0 Å². The fourth-order valence-corrected chi connectivity index (χ4v) is 3.45. The lowest BCUT2D eigenvalue weighted by Gasteiger charge is -2.31. The standard InChI is InChI=1S/C21H28BrNO2/c22-21-12-6-5-11-19(21)16-23(13-7-2-8-14-24)20(17-25)15-18-9-3-1-4-10-18/h1,3-6,9-12,20,24-25H,2,7-8,13-17H2. The van der Waals surface area contributed by atoms with E-state index >= 15 is 0 Å². The number of rotatable bonds is 11. The fourth-order valence-electron chi connectivity index (χ4n) is 3.03. The minimum absolute atomic E-state index is 0.0867. The Kier molecular flexibility index (Phi) is 9.19. The van der Waals surface area contributed by atoms with Crippen molar-refractivity contribution in [3.05, 3.63) is 70.2 Å². The minimum Gasteiger partial charge on any atom is -0.396 e. The maximum Gasteiger partial charge on any atom is 0.0590 e. The molecule has 0 aliphatic rings. The number of hydrogen-bond donors (Lipinski definition) is 2. The predicted octanol–water partition coefficient (Wildman–Crippen LogP) is 4.02. The van der Waals surface area contributed by atoms with Gasteiger partial charge in [0.05, 0.1) is 6.61 Å². The summed E-state index contributed by atoms with van der Waals surface area (Å²) in [6.45, 7) is 2.11. The molecule has 4 heteroatoms. The SMILES string of the molecule is OCCCCCN(Cc1ccccc1Br)C(CO)Cc1ccccc1. The number of aliphatic hydroxyl groups is 2. The molecule has 0 saturated carbocycles. The molecule has 1 unspecified atom stereocenters. The third-order valence-electron chi connectivity index (χ3n) is 4.48. The molecule has 136 valence electrons. The van der Waals surface area contributed by atoms with Gasteiger partial charge in [-0.15, -0.1) is 0 Å². The highest BCUT2D eigenvalue weighted by Gasteiger charge is 2.19. The van der Waals surface area contributed by atoms with Gasteiger partial charge in [-0.1, -0.05) is 64.5 Å². The molecule has 0 aliphatic carbocycles. The molecule has 0 aromatic heterocycles. The van der Waals surface area contributed by atoms with Crippen LogP contribution in [0.15, 0.2) is 59.1 Å². The van der Waals surface area contributed by atoms with Gasteiger partial charge in [0.1, 0.15) is 0 Å². The summed E-state index contributed by atoms with van der Waals surface area (Å²) in [5, 5.41) is 19.0. The summed E-state index contributed by atoms with van der Waals surface area (Å²) in [5.41, 5.74) is 2.48. The van der Waals surface area contributed by atoms with Gasteiger partial charge < -0.3 is 10.2 Å². The molecule has 0 bridgehead atoms. The van der Waals surface area contributed by atoms with Crippen molar-refractivity contribution < 1.29 is 10.2 Å². The molecule has 1 atom stereocenters. The number of aliphatic hydroxyl groups excluding tert-OH is 2. The topological polar surface area (TPSA) is 43.7 Å². The second-order valence-electron chi connectivity index (χ2n) is 6.37. The monoisotopic (exact) mass is 405 g/mol. The molecule has 0 radical (unpaired) electrons. The van der Waals surface area contributed by atoms with Crippen LogP contribution in [0.5, 0.6) is 0 Å². The zero-order valence-electron chi connectivity index (χ0n) is 14.6. The lowest BCUT2D eigenvalue weighted by Crippen LogP contribution is -2.40. The highest BCUT2D eigenvalue weighted by atomic mass is 79.9. The predicted molar refractivity (Wildman–Crippen MR) is 107 cm³/mol. The average molecular weight is 406 g/mol. The Labute approximate surface area is 159 Å². The normalized spacial score (nSPS) is 12.5. The molecule has 2 aromatic carbocycles. The lowest BCUT2D eigenvalue weighted by molar-refractivity contribution is 0.113. The van der Waals surface area contributed by atoms with Gasteiger partial charge in [-0.2, -0.15) is 0 Å². The first-order valence-corrected chi connectivity index (χ1v) is 9.77. The van der Waals surface area contributed by atoms with Crippen LogP contribution in [-0.4, -0.2) is 40.9 Å². The van der Waals surface area contributed by atoms with E-state index in [0.29, 0.717) is 0 Å². The summed E-state index contributed by atoms with van der Waals surface area (Å²) in [4.78, 5) is 2.37. The maximum atomic E-state index is 10.0. The van der Waals surface area contributed by atoms with Crippen molar-refractivity contribution in [1.29, 1.82) is 0 Å². The van der Waals surface area contributed by atoms with Crippen molar-refractivity contribution in [2.75, 3.05) is 19.8 Å². The molecular formula is C21H28BrNO2. The van der Waals surface area contributed by atoms with Gasteiger partial charge in [0.2, 0.25) is 0 Å². The molecule has 3 nitrogen and oxygen atoms in total. The molecular weight excluding hydrogens is 378 g/mol. The third kappa shape index (κ3) is 6.90. The smallest absolute Gasteiger partial charge is 0.0590 e. The Hall–Kier alpha value is -1.20. The Morgan fingerprint density at radius 3 is 2.28 bits per heavy atom. The third-order valence-corrected chi connectivity index (χ3v) is 5.25. The molecule has 2 rings (SSSR count). The van der Waals surface area contributed by atoms with Gasteiger partial charge in [-0.05, 0) is 49.4 Å². The average Bonchev–Trinajstić information content (AvgIpc) is 2.65. The van der Waals surface area contributed by atoms with Gasteiger partial charge >= 0.3 is 0 Å². The Balaban J connectivity index is 2.08. The van der Waals surface area contributed by atoms with Gasteiger partial charge in [-0.3, -0.25) is 4.90 Å². The van der Waals surface area contributed by atoms with E-state index in [1.54, 1.807) is 0 Å². The zero-order valence-corrected chi connectivity index (χ0v) is 16.2. The first kappa shape index (κ1) is 20.1. The second-order valence-corrected chi connectivity index (χ2v) is 7.23. The second kappa shape index (κ2) is 11.4. The molecule has 0 saturated heterocycles. The minimum atomic E-state index is 0.0867.